The fourth-order valence-electron chi connectivity index (χ4n) is 3.55. The fraction of sp³-hybridized carbons (Fsp3) is 0.652. The first-order chi connectivity index (χ1) is 15.5. The molecule has 1 fully saturated rings. The number of ether oxygens (including phenoxy) is 2. The van der Waals surface area contributed by atoms with E-state index in [2.05, 4.69) is 5.32 Å². The van der Waals surface area contributed by atoms with Crippen LogP contribution in [0.5, 0.6) is 5.75 Å². The van der Waals surface area contributed by atoms with E-state index in [1.165, 1.54) is 16.4 Å². The molecular weight excluding hydrogens is 446 g/mol. The number of amides is 1. The van der Waals surface area contributed by atoms with Crippen molar-refractivity contribution in [2.75, 3.05) is 38.1 Å². The van der Waals surface area contributed by atoms with Crippen molar-refractivity contribution in [3.05, 3.63) is 18.2 Å². The molecule has 186 valence electrons. The molecule has 0 bridgehead atoms. The van der Waals surface area contributed by atoms with Gasteiger partial charge in [0.1, 0.15) is 5.75 Å². The summed E-state index contributed by atoms with van der Waals surface area (Å²) in [6.45, 7) is 10.4. The Labute approximate surface area is 197 Å². The highest BCUT2D eigenvalue weighted by Gasteiger charge is 2.27. The molecule has 0 atom stereocenters. The molecule has 1 heterocycles. The first-order valence-corrected chi connectivity index (χ1v) is 13.0. The molecule has 0 aliphatic carbocycles. The molecule has 9 nitrogen and oxygen atoms in total. The highest BCUT2D eigenvalue weighted by Crippen LogP contribution is 2.31. The van der Waals surface area contributed by atoms with Crippen LogP contribution in [0.3, 0.4) is 0 Å². The van der Waals surface area contributed by atoms with Crippen LogP contribution < -0.4 is 10.1 Å². The lowest BCUT2D eigenvalue weighted by Crippen LogP contribution is -2.41. The maximum Gasteiger partial charge on any atom is 0.320 e. The molecule has 0 aromatic heterocycles. The summed E-state index contributed by atoms with van der Waals surface area (Å²) in [6, 6.07) is 4.46. The number of nitrogens with one attached hydrogen (secondary N) is 1. The number of carbonyl (C=O) groups excluding carboxylic acids is 2. The Kier molecular flexibility index (Phi) is 10.1. The number of benzene rings is 1. The van der Waals surface area contributed by atoms with Crippen molar-refractivity contribution in [1.82, 2.24) is 9.21 Å². The van der Waals surface area contributed by atoms with Crippen molar-refractivity contribution < 1.29 is 27.5 Å². The van der Waals surface area contributed by atoms with Crippen LogP contribution in [-0.2, 0) is 24.3 Å². The lowest BCUT2D eigenvalue weighted by Gasteiger charge is -2.27. The number of carbonyl (C=O) groups is 2. The maximum atomic E-state index is 13.1. The second-order valence-corrected chi connectivity index (χ2v) is 10.6. The van der Waals surface area contributed by atoms with Gasteiger partial charge in [-0.25, -0.2) is 8.42 Å². The Hall–Kier alpha value is -2.17. The highest BCUT2D eigenvalue weighted by molar-refractivity contribution is 7.89. The van der Waals surface area contributed by atoms with Crippen molar-refractivity contribution >= 4 is 27.6 Å². The Bertz CT molecular complexity index is 911. The molecule has 0 radical (unpaired) electrons. The Morgan fingerprint density at radius 2 is 1.76 bits per heavy atom. The Morgan fingerprint density at radius 1 is 1.09 bits per heavy atom. The smallest absolute Gasteiger partial charge is 0.320 e. The van der Waals surface area contributed by atoms with E-state index in [4.69, 9.17) is 9.47 Å². The van der Waals surface area contributed by atoms with Gasteiger partial charge in [0.2, 0.25) is 15.9 Å². The Morgan fingerprint density at radius 3 is 2.33 bits per heavy atom. The summed E-state index contributed by atoms with van der Waals surface area (Å²) in [5, 5.41) is 2.78. The van der Waals surface area contributed by atoms with Gasteiger partial charge in [-0.05, 0) is 65.7 Å². The highest BCUT2D eigenvalue weighted by atomic mass is 32.2. The van der Waals surface area contributed by atoms with E-state index in [0.29, 0.717) is 18.8 Å². The molecule has 1 aromatic carbocycles. The van der Waals surface area contributed by atoms with Crippen LogP contribution in [0.2, 0.25) is 0 Å². The zero-order valence-corrected chi connectivity index (χ0v) is 21.1. The summed E-state index contributed by atoms with van der Waals surface area (Å²) < 4.78 is 38.5. The largest absolute Gasteiger partial charge is 0.489 e. The van der Waals surface area contributed by atoms with Crippen molar-refractivity contribution in [1.29, 1.82) is 0 Å². The van der Waals surface area contributed by atoms with Crippen LogP contribution in [0.15, 0.2) is 23.1 Å². The third kappa shape index (κ3) is 7.97. The molecule has 0 spiro atoms. The van der Waals surface area contributed by atoms with Gasteiger partial charge >= 0.3 is 5.97 Å². The molecule has 10 heteroatoms. The van der Waals surface area contributed by atoms with Gasteiger partial charge in [0, 0.05) is 19.1 Å². The van der Waals surface area contributed by atoms with Crippen molar-refractivity contribution in [3.8, 4) is 5.75 Å². The molecule has 0 saturated carbocycles. The van der Waals surface area contributed by atoms with E-state index in [-0.39, 0.29) is 48.3 Å². The molecular formula is C23H37N3O6S. The second-order valence-electron chi connectivity index (χ2n) is 8.64. The van der Waals surface area contributed by atoms with E-state index >= 15 is 0 Å². The maximum absolute atomic E-state index is 13.1. The average Bonchev–Trinajstić information content (AvgIpc) is 2.74. The van der Waals surface area contributed by atoms with Gasteiger partial charge in [0.05, 0.1) is 36.4 Å². The topological polar surface area (TPSA) is 105 Å². The zero-order valence-electron chi connectivity index (χ0n) is 20.3. The molecule has 1 aliphatic rings. The summed E-state index contributed by atoms with van der Waals surface area (Å²) in [6.07, 6.45) is 2.53. The third-order valence-corrected chi connectivity index (χ3v) is 7.15. The van der Waals surface area contributed by atoms with Gasteiger partial charge in [-0.3, -0.25) is 14.5 Å². The molecule has 1 aromatic rings. The molecule has 1 aliphatic heterocycles. The van der Waals surface area contributed by atoms with Crippen LogP contribution in [0.4, 0.5) is 5.69 Å². The van der Waals surface area contributed by atoms with Gasteiger partial charge in [-0.15, -0.1) is 0 Å². The molecule has 1 amide bonds. The van der Waals surface area contributed by atoms with E-state index in [1.807, 2.05) is 27.7 Å². The first-order valence-electron chi connectivity index (χ1n) is 11.5. The van der Waals surface area contributed by atoms with Crippen molar-refractivity contribution in [2.45, 2.75) is 70.9 Å². The van der Waals surface area contributed by atoms with E-state index in [1.54, 1.807) is 17.9 Å². The number of rotatable bonds is 11. The van der Waals surface area contributed by atoms with Crippen LogP contribution in [-0.4, -0.2) is 74.4 Å². The monoisotopic (exact) mass is 483 g/mol. The number of hydrogen-bond acceptors (Lipinski definition) is 7. The quantitative estimate of drug-likeness (QED) is 0.483. The molecule has 33 heavy (non-hydrogen) atoms. The second kappa shape index (κ2) is 12.3. The number of anilines is 1. The van der Waals surface area contributed by atoms with Gasteiger partial charge < -0.3 is 14.8 Å². The summed E-state index contributed by atoms with van der Waals surface area (Å²) in [7, 11) is -3.67. The SMILES string of the molecule is CCOC(=O)CN(CC(=O)Nc1cc(S(=O)(=O)N2CCCCC2)ccc1OC(C)C)C(C)C. The molecule has 1 saturated heterocycles. The minimum absolute atomic E-state index is 0.0162. The van der Waals surface area contributed by atoms with Gasteiger partial charge in [0.15, 0.2) is 0 Å². The predicted molar refractivity (Wildman–Crippen MR) is 127 cm³/mol. The Balaban J connectivity index is 2.25. The average molecular weight is 484 g/mol. The van der Waals surface area contributed by atoms with Gasteiger partial charge in [-0.1, -0.05) is 6.42 Å². The number of esters is 1. The number of nitrogens with zero attached hydrogens (tertiary/aromatic N) is 2. The minimum atomic E-state index is -3.67. The third-order valence-electron chi connectivity index (χ3n) is 5.26. The number of piperidine rings is 1. The van der Waals surface area contributed by atoms with Crippen molar-refractivity contribution in [3.63, 3.8) is 0 Å². The normalized spacial score (nSPS) is 15.2. The van der Waals surface area contributed by atoms with E-state index < -0.39 is 16.0 Å². The van der Waals surface area contributed by atoms with Gasteiger partial charge in [-0.2, -0.15) is 4.31 Å². The predicted octanol–water partition coefficient (Wildman–Crippen LogP) is 2.86. The standard InChI is InChI=1S/C23H37N3O6S/c1-6-31-23(28)16-25(17(2)3)15-22(27)24-20-14-19(10-11-21(20)32-18(4)5)33(29,30)26-12-8-7-9-13-26/h10-11,14,17-18H,6-9,12-13,15-16H2,1-5H3,(H,24,27). The molecule has 0 unspecified atom stereocenters. The van der Waals surface area contributed by atoms with Crippen LogP contribution in [0.25, 0.3) is 0 Å². The van der Waals surface area contributed by atoms with Crippen LogP contribution in [0.1, 0.15) is 53.9 Å². The van der Waals surface area contributed by atoms with Gasteiger partial charge in [0.25, 0.3) is 0 Å². The first kappa shape index (κ1) is 27.1. The minimum Gasteiger partial charge on any atom is -0.489 e. The van der Waals surface area contributed by atoms with Crippen LogP contribution in [0, 0.1) is 0 Å². The summed E-state index contributed by atoms with van der Waals surface area (Å²) in [5.41, 5.74) is 0.284. The van der Waals surface area contributed by atoms with Crippen LogP contribution >= 0.6 is 0 Å². The lowest BCUT2D eigenvalue weighted by molar-refractivity contribution is -0.145. The zero-order chi connectivity index (χ0) is 24.6. The lowest BCUT2D eigenvalue weighted by atomic mass is 10.2. The number of hydrogen-bond donors (Lipinski definition) is 1. The summed E-state index contributed by atoms with van der Waals surface area (Å²) >= 11 is 0. The molecule has 2 rings (SSSR count). The number of sulfonamides is 1. The fourth-order valence-corrected chi connectivity index (χ4v) is 5.09. The summed E-state index contributed by atoms with van der Waals surface area (Å²) in [5.74, 6) is -0.399. The summed E-state index contributed by atoms with van der Waals surface area (Å²) in [4.78, 5) is 26.5. The van der Waals surface area contributed by atoms with E-state index in [0.717, 1.165) is 19.3 Å². The van der Waals surface area contributed by atoms with Crippen molar-refractivity contribution in [2.24, 2.45) is 0 Å². The van der Waals surface area contributed by atoms with E-state index in [9.17, 15) is 18.0 Å². The molecule has 1 N–H and O–H groups in total.